The predicted octanol–water partition coefficient (Wildman–Crippen LogP) is 2.90. The highest BCUT2D eigenvalue weighted by atomic mass is 127. The summed E-state index contributed by atoms with van der Waals surface area (Å²) in [5.74, 6) is 0. The lowest BCUT2D eigenvalue weighted by atomic mass is 10.5. The summed E-state index contributed by atoms with van der Waals surface area (Å²) in [6.07, 6.45) is 6.17. The fourth-order valence-corrected chi connectivity index (χ4v) is 0.615. The van der Waals surface area contributed by atoms with E-state index in [1.165, 1.54) is 3.58 Å². The molecule has 40 valence electrons. The average Bonchev–Trinajstić information content (AvgIpc) is 1.68. The van der Waals surface area contributed by atoms with Gasteiger partial charge in [0.25, 0.3) is 0 Å². The van der Waals surface area contributed by atoms with Crippen LogP contribution in [-0.4, -0.2) is 0 Å². The molecule has 0 unspecified atom stereocenters. The molecule has 1 heteroatoms. The summed E-state index contributed by atoms with van der Waals surface area (Å²) >= 11 is 2.28. The zero-order chi connectivity index (χ0) is 5.70. The number of halogens is 1. The Morgan fingerprint density at radius 1 is 1.43 bits per heavy atom. The first-order chi connectivity index (χ1) is 3.31. The van der Waals surface area contributed by atoms with E-state index in [-0.39, 0.29) is 0 Å². The minimum Gasteiger partial charge on any atom is -0.0866 e. The zero-order valence-corrected chi connectivity index (χ0v) is 6.77. The molecule has 7 heavy (non-hydrogen) atoms. The minimum atomic E-state index is 1.29. The lowest BCUT2D eigenvalue weighted by Gasteiger charge is -1.78. The molecule has 0 saturated carbocycles. The average molecular weight is 208 g/mol. The summed E-state index contributed by atoms with van der Waals surface area (Å²) in [7, 11) is 0. The van der Waals surface area contributed by atoms with Crippen molar-refractivity contribution in [3.05, 3.63) is 21.8 Å². The van der Waals surface area contributed by atoms with Crippen molar-refractivity contribution in [3.8, 4) is 0 Å². The van der Waals surface area contributed by atoms with Crippen molar-refractivity contribution in [3.63, 3.8) is 0 Å². The van der Waals surface area contributed by atoms with E-state index in [4.69, 9.17) is 0 Å². The molecule has 0 fully saturated rings. The Labute approximate surface area is 58.4 Å². The van der Waals surface area contributed by atoms with Gasteiger partial charge in [0.1, 0.15) is 0 Å². The van der Waals surface area contributed by atoms with Gasteiger partial charge in [-0.15, -0.1) is 0 Å². The van der Waals surface area contributed by atoms with Gasteiger partial charge in [0.05, 0.1) is 0 Å². The van der Waals surface area contributed by atoms with Gasteiger partial charge in [-0.05, 0) is 36.4 Å². The smallest absolute Gasteiger partial charge is 0.00839 e. The Balaban J connectivity index is 3.58. The van der Waals surface area contributed by atoms with Crippen LogP contribution in [0.4, 0.5) is 0 Å². The summed E-state index contributed by atoms with van der Waals surface area (Å²) in [6.45, 7) is 4.05. The second-order valence-corrected chi connectivity index (χ2v) is 2.42. The van der Waals surface area contributed by atoms with E-state index in [0.29, 0.717) is 0 Å². The molecule has 0 saturated heterocycles. The highest BCUT2D eigenvalue weighted by Crippen LogP contribution is 2.05. The maximum absolute atomic E-state index is 2.28. The molecule has 0 aliphatic rings. The molecule has 0 aromatic rings. The lowest BCUT2D eigenvalue weighted by Crippen LogP contribution is -1.53. The molecule has 0 aliphatic heterocycles. The van der Waals surface area contributed by atoms with Crippen LogP contribution in [0.2, 0.25) is 0 Å². The van der Waals surface area contributed by atoms with E-state index >= 15 is 0 Å². The van der Waals surface area contributed by atoms with Crippen LogP contribution in [0.15, 0.2) is 21.8 Å². The van der Waals surface area contributed by atoms with Crippen LogP contribution in [-0.2, 0) is 0 Å². The molecular formula is C6H9I. The van der Waals surface area contributed by atoms with Crippen molar-refractivity contribution in [2.45, 2.75) is 13.8 Å². The van der Waals surface area contributed by atoms with E-state index in [2.05, 4.69) is 34.7 Å². The van der Waals surface area contributed by atoms with Crippen molar-refractivity contribution < 1.29 is 0 Å². The molecule has 0 aromatic carbocycles. The maximum atomic E-state index is 2.28. The van der Waals surface area contributed by atoms with Crippen LogP contribution in [0, 0.1) is 0 Å². The van der Waals surface area contributed by atoms with Gasteiger partial charge in [-0.3, -0.25) is 0 Å². The molecule has 0 atom stereocenters. The fraction of sp³-hybridized carbons (Fsp3) is 0.333. The Morgan fingerprint density at radius 3 is 2.14 bits per heavy atom. The van der Waals surface area contributed by atoms with E-state index in [0.717, 1.165) is 0 Å². The minimum absolute atomic E-state index is 1.29. The SMILES string of the molecule is C/C=C\C(I)=C/C. The first-order valence-electron chi connectivity index (χ1n) is 2.25. The van der Waals surface area contributed by atoms with Gasteiger partial charge in [-0.2, -0.15) is 0 Å². The van der Waals surface area contributed by atoms with Crippen molar-refractivity contribution >= 4 is 22.6 Å². The van der Waals surface area contributed by atoms with Crippen molar-refractivity contribution in [2.24, 2.45) is 0 Å². The van der Waals surface area contributed by atoms with Crippen molar-refractivity contribution in [1.82, 2.24) is 0 Å². The molecule has 0 rings (SSSR count). The summed E-state index contributed by atoms with van der Waals surface area (Å²) in [6, 6.07) is 0. The molecule has 0 aromatic heterocycles. The fourth-order valence-electron chi connectivity index (χ4n) is 0.255. The van der Waals surface area contributed by atoms with E-state index in [1.807, 2.05) is 19.9 Å². The summed E-state index contributed by atoms with van der Waals surface area (Å²) in [4.78, 5) is 0. The first-order valence-corrected chi connectivity index (χ1v) is 3.33. The normalized spacial score (nSPS) is 13.3. The Hall–Kier alpha value is 0.210. The molecule has 0 amide bonds. The van der Waals surface area contributed by atoms with E-state index in [1.54, 1.807) is 0 Å². The summed E-state index contributed by atoms with van der Waals surface area (Å²) < 4.78 is 1.29. The van der Waals surface area contributed by atoms with Gasteiger partial charge in [0.15, 0.2) is 0 Å². The topological polar surface area (TPSA) is 0 Å². The number of hydrogen-bond acceptors (Lipinski definition) is 0. The molecule has 0 aliphatic carbocycles. The van der Waals surface area contributed by atoms with Gasteiger partial charge in [-0.25, -0.2) is 0 Å². The van der Waals surface area contributed by atoms with Gasteiger partial charge < -0.3 is 0 Å². The molecule has 0 bridgehead atoms. The lowest BCUT2D eigenvalue weighted by molar-refractivity contribution is 1.68. The highest BCUT2D eigenvalue weighted by molar-refractivity contribution is 14.1. The summed E-state index contributed by atoms with van der Waals surface area (Å²) in [5.41, 5.74) is 0. The third kappa shape index (κ3) is 4.05. The zero-order valence-electron chi connectivity index (χ0n) is 4.61. The van der Waals surface area contributed by atoms with Crippen LogP contribution < -0.4 is 0 Å². The first kappa shape index (κ1) is 7.21. The largest absolute Gasteiger partial charge is 0.0866 e. The van der Waals surface area contributed by atoms with Crippen LogP contribution in [0.3, 0.4) is 0 Å². The van der Waals surface area contributed by atoms with Gasteiger partial charge in [0, 0.05) is 3.58 Å². The Kier molecular flexibility index (Phi) is 4.50. The maximum Gasteiger partial charge on any atom is 0.00839 e. The number of allylic oxidation sites excluding steroid dienone is 4. The van der Waals surface area contributed by atoms with Crippen molar-refractivity contribution in [2.75, 3.05) is 0 Å². The quantitative estimate of drug-likeness (QED) is 0.459. The Bertz CT molecular complexity index is 90.4. The number of hydrogen-bond donors (Lipinski definition) is 0. The molecule has 0 spiro atoms. The molecule has 0 nitrogen and oxygen atoms in total. The van der Waals surface area contributed by atoms with E-state index < -0.39 is 0 Å². The third-order valence-corrected chi connectivity index (χ3v) is 1.58. The van der Waals surface area contributed by atoms with Crippen LogP contribution >= 0.6 is 22.6 Å². The molecule has 0 heterocycles. The summed E-state index contributed by atoms with van der Waals surface area (Å²) in [5, 5.41) is 0. The van der Waals surface area contributed by atoms with Crippen LogP contribution in [0.25, 0.3) is 0 Å². The van der Waals surface area contributed by atoms with Gasteiger partial charge >= 0.3 is 0 Å². The second-order valence-electron chi connectivity index (χ2n) is 1.17. The molecule has 0 N–H and O–H groups in total. The predicted molar refractivity (Wildman–Crippen MR) is 42.6 cm³/mol. The molecule has 0 radical (unpaired) electrons. The van der Waals surface area contributed by atoms with Gasteiger partial charge in [0.2, 0.25) is 0 Å². The van der Waals surface area contributed by atoms with E-state index in [9.17, 15) is 0 Å². The molecular weight excluding hydrogens is 199 g/mol. The standard InChI is InChI=1S/C6H9I/c1-3-5-6(7)4-2/h3-5H,1-2H3/b5-3-,6-4+. The third-order valence-electron chi connectivity index (χ3n) is 0.602. The monoisotopic (exact) mass is 208 g/mol. The second kappa shape index (κ2) is 4.37. The highest BCUT2D eigenvalue weighted by Gasteiger charge is 1.72. The van der Waals surface area contributed by atoms with Crippen LogP contribution in [0.1, 0.15) is 13.8 Å². The van der Waals surface area contributed by atoms with Crippen molar-refractivity contribution in [1.29, 1.82) is 0 Å². The Morgan fingerprint density at radius 2 is 2.00 bits per heavy atom. The van der Waals surface area contributed by atoms with Crippen LogP contribution in [0.5, 0.6) is 0 Å². The number of rotatable bonds is 1. The van der Waals surface area contributed by atoms with Gasteiger partial charge in [-0.1, -0.05) is 18.2 Å².